The van der Waals surface area contributed by atoms with Gasteiger partial charge >= 0.3 is 0 Å². The first-order valence-corrected chi connectivity index (χ1v) is 6.62. The Labute approximate surface area is 115 Å². The molecule has 0 saturated heterocycles. The van der Waals surface area contributed by atoms with E-state index in [4.69, 9.17) is 11.6 Å². The third-order valence-corrected chi connectivity index (χ3v) is 3.95. The van der Waals surface area contributed by atoms with E-state index in [9.17, 15) is 9.18 Å². The van der Waals surface area contributed by atoms with Gasteiger partial charge in [-0.05, 0) is 45.6 Å². The second kappa shape index (κ2) is 5.16. The summed E-state index contributed by atoms with van der Waals surface area (Å²) in [5.74, 6) is -0.680. The number of carbonyl (C=O) groups is 1. The van der Waals surface area contributed by atoms with Gasteiger partial charge in [0.05, 0.1) is 9.50 Å². The average Bonchev–Trinajstić information content (AvgIpc) is 2.70. The Morgan fingerprint density at radius 3 is 2.76 bits per heavy atom. The van der Waals surface area contributed by atoms with Gasteiger partial charge in [-0.3, -0.25) is 4.79 Å². The zero-order valence-corrected chi connectivity index (χ0v) is 11.5. The lowest BCUT2D eigenvalue weighted by molar-refractivity contribution is 0.103. The fourth-order valence-electron chi connectivity index (χ4n) is 1.22. The maximum Gasteiger partial charge on any atom is 0.267 e. The molecule has 0 fully saturated rings. The molecule has 0 unspecified atom stereocenters. The Morgan fingerprint density at radius 1 is 1.41 bits per heavy atom. The molecule has 1 amide bonds. The van der Waals surface area contributed by atoms with Crippen LogP contribution in [-0.2, 0) is 0 Å². The summed E-state index contributed by atoms with van der Waals surface area (Å²) in [5.41, 5.74) is 0.507. The molecule has 0 aliphatic heterocycles. The number of hydrogen-bond donors (Lipinski definition) is 1. The number of halogens is 3. The molecule has 1 heterocycles. The number of hydrogen-bond acceptors (Lipinski definition) is 2. The van der Waals surface area contributed by atoms with Crippen molar-refractivity contribution in [2.45, 2.75) is 0 Å². The Kier molecular flexibility index (Phi) is 3.81. The van der Waals surface area contributed by atoms with E-state index in [0.717, 1.165) is 0 Å². The van der Waals surface area contributed by atoms with E-state index in [0.29, 0.717) is 20.1 Å². The minimum atomic E-state index is -0.378. The van der Waals surface area contributed by atoms with E-state index < -0.39 is 0 Å². The molecule has 0 bridgehead atoms. The molecule has 1 N–H and O–H groups in total. The van der Waals surface area contributed by atoms with E-state index in [2.05, 4.69) is 21.2 Å². The molecular formula is C11H6BrClFNOS. The van der Waals surface area contributed by atoms with Gasteiger partial charge in [0.1, 0.15) is 10.7 Å². The molecule has 0 aliphatic carbocycles. The highest BCUT2D eigenvalue weighted by Gasteiger charge is 2.12. The normalized spacial score (nSPS) is 10.3. The number of amides is 1. The molecule has 17 heavy (non-hydrogen) atoms. The summed E-state index contributed by atoms with van der Waals surface area (Å²) in [4.78, 5) is 12.2. The number of nitrogens with one attached hydrogen (secondary N) is 1. The van der Waals surface area contributed by atoms with Crippen molar-refractivity contribution in [2.24, 2.45) is 0 Å². The van der Waals surface area contributed by atoms with Gasteiger partial charge in [0, 0.05) is 5.69 Å². The number of anilines is 1. The highest BCUT2D eigenvalue weighted by atomic mass is 79.9. The minimum Gasteiger partial charge on any atom is -0.321 e. The Balaban J connectivity index is 2.19. The quantitative estimate of drug-likeness (QED) is 0.857. The first kappa shape index (κ1) is 12.5. The fraction of sp³-hybridized carbons (Fsp3) is 0. The summed E-state index contributed by atoms with van der Waals surface area (Å²) in [6.45, 7) is 0. The first-order chi connectivity index (χ1) is 8.08. The Bertz CT molecular complexity index is 572. The molecule has 1 aromatic carbocycles. The van der Waals surface area contributed by atoms with Gasteiger partial charge in [0.15, 0.2) is 0 Å². The van der Waals surface area contributed by atoms with Crippen molar-refractivity contribution in [1.29, 1.82) is 0 Å². The van der Waals surface area contributed by atoms with Gasteiger partial charge in [0.25, 0.3) is 5.91 Å². The molecule has 88 valence electrons. The molecule has 2 aromatic rings. The van der Waals surface area contributed by atoms with Crippen molar-refractivity contribution in [3.8, 4) is 0 Å². The van der Waals surface area contributed by atoms with Crippen LogP contribution in [-0.4, -0.2) is 5.91 Å². The first-order valence-electron chi connectivity index (χ1n) is 4.57. The van der Waals surface area contributed by atoms with Crippen LogP contribution >= 0.6 is 38.9 Å². The third-order valence-electron chi connectivity index (χ3n) is 2.00. The lowest BCUT2D eigenvalue weighted by atomic mass is 10.3. The second-order valence-corrected chi connectivity index (χ2v) is 5.36. The third kappa shape index (κ3) is 2.86. The smallest absolute Gasteiger partial charge is 0.267 e. The van der Waals surface area contributed by atoms with Crippen molar-refractivity contribution in [1.82, 2.24) is 0 Å². The van der Waals surface area contributed by atoms with Crippen molar-refractivity contribution in [3.05, 3.63) is 49.8 Å². The maximum absolute atomic E-state index is 13.0. The second-order valence-electron chi connectivity index (χ2n) is 3.18. The van der Waals surface area contributed by atoms with Gasteiger partial charge in [-0.1, -0.05) is 11.6 Å². The summed E-state index contributed by atoms with van der Waals surface area (Å²) < 4.78 is 13.3. The predicted molar refractivity (Wildman–Crippen MR) is 71.4 cm³/mol. The summed E-state index contributed by atoms with van der Waals surface area (Å²) >= 11 is 10.1. The van der Waals surface area contributed by atoms with Gasteiger partial charge in [-0.2, -0.15) is 0 Å². The molecular weight excluding hydrogens is 329 g/mol. The zero-order chi connectivity index (χ0) is 12.4. The minimum absolute atomic E-state index is 0.299. The molecule has 0 saturated carbocycles. The largest absolute Gasteiger partial charge is 0.321 e. The van der Waals surface area contributed by atoms with Crippen molar-refractivity contribution in [3.63, 3.8) is 0 Å². The summed E-state index contributed by atoms with van der Waals surface area (Å²) in [7, 11) is 0. The van der Waals surface area contributed by atoms with Crippen LogP contribution in [0.5, 0.6) is 0 Å². The van der Waals surface area contributed by atoms with Crippen molar-refractivity contribution < 1.29 is 9.18 Å². The maximum atomic E-state index is 13.0. The highest BCUT2D eigenvalue weighted by Crippen LogP contribution is 2.24. The Morgan fingerprint density at radius 2 is 2.18 bits per heavy atom. The van der Waals surface area contributed by atoms with Gasteiger partial charge < -0.3 is 5.32 Å². The molecule has 0 atom stereocenters. The van der Waals surface area contributed by atoms with Crippen molar-refractivity contribution in [2.75, 3.05) is 5.32 Å². The molecule has 0 spiro atoms. The predicted octanol–water partition coefficient (Wildman–Crippen LogP) is 4.56. The monoisotopic (exact) mass is 333 g/mol. The number of thiophene rings is 1. The van der Waals surface area contributed by atoms with Crippen LogP contribution in [0.15, 0.2) is 34.1 Å². The van der Waals surface area contributed by atoms with Crippen LogP contribution in [0.2, 0.25) is 5.02 Å². The van der Waals surface area contributed by atoms with E-state index in [1.165, 1.54) is 29.5 Å². The Hall–Kier alpha value is -0.910. The van der Waals surface area contributed by atoms with Crippen LogP contribution in [0.4, 0.5) is 10.1 Å². The molecule has 6 heteroatoms. The summed E-state index contributed by atoms with van der Waals surface area (Å²) in [6, 6.07) is 5.91. The van der Waals surface area contributed by atoms with Gasteiger partial charge in [-0.25, -0.2) is 4.39 Å². The van der Waals surface area contributed by atoms with Crippen LogP contribution in [0.3, 0.4) is 0 Å². The van der Waals surface area contributed by atoms with Crippen LogP contribution in [0, 0.1) is 5.82 Å². The topological polar surface area (TPSA) is 29.1 Å². The molecule has 0 aliphatic rings. The van der Waals surface area contributed by atoms with Gasteiger partial charge in [0.2, 0.25) is 0 Å². The van der Waals surface area contributed by atoms with E-state index in [1.807, 2.05) is 0 Å². The fourth-order valence-corrected chi connectivity index (χ4v) is 2.63. The highest BCUT2D eigenvalue weighted by molar-refractivity contribution is 9.10. The van der Waals surface area contributed by atoms with Crippen molar-refractivity contribution >= 4 is 50.5 Å². The number of carbonyl (C=O) groups excluding carboxylic acids is 1. The lowest BCUT2D eigenvalue weighted by Crippen LogP contribution is -2.10. The standard InChI is InChI=1S/C11H6BrClFNOS/c12-7-5-6(1-2-9(7)14)15-11(16)10-8(13)3-4-17-10/h1-5H,(H,15,16). The van der Waals surface area contributed by atoms with Crippen LogP contribution < -0.4 is 5.32 Å². The van der Waals surface area contributed by atoms with Crippen LogP contribution in [0.25, 0.3) is 0 Å². The van der Waals surface area contributed by atoms with E-state index in [-0.39, 0.29) is 11.7 Å². The SMILES string of the molecule is O=C(Nc1ccc(F)c(Br)c1)c1sccc1Cl. The zero-order valence-electron chi connectivity index (χ0n) is 8.34. The van der Waals surface area contributed by atoms with Gasteiger partial charge in [-0.15, -0.1) is 11.3 Å². The molecule has 1 aromatic heterocycles. The number of rotatable bonds is 2. The van der Waals surface area contributed by atoms with E-state index in [1.54, 1.807) is 11.4 Å². The molecule has 2 nitrogen and oxygen atoms in total. The lowest BCUT2D eigenvalue weighted by Gasteiger charge is -2.04. The molecule has 0 radical (unpaired) electrons. The molecule has 2 rings (SSSR count). The average molecular weight is 335 g/mol. The van der Waals surface area contributed by atoms with Crippen LogP contribution in [0.1, 0.15) is 9.67 Å². The summed E-state index contributed by atoms with van der Waals surface area (Å²) in [6.07, 6.45) is 0. The van der Waals surface area contributed by atoms with E-state index >= 15 is 0 Å². The number of benzene rings is 1. The summed E-state index contributed by atoms with van der Waals surface area (Å²) in [5, 5.41) is 4.79.